The zero-order valence-corrected chi connectivity index (χ0v) is 12.5. The number of rotatable bonds is 9. The summed E-state index contributed by atoms with van der Waals surface area (Å²) in [5, 5.41) is 3.42. The number of ether oxygens (including phenoxy) is 1. The standard InChI is InChI=1S/C17H27NO/c1-4-13-18-14-5-6-15(2)7-8-16-9-11-17(19-3)12-10-16/h6,9-12,18H,4-5,7-8,13-14H2,1-3H3. The number of methoxy groups -OCH3 is 1. The van der Waals surface area contributed by atoms with Crippen molar-refractivity contribution in [1.29, 1.82) is 0 Å². The number of benzene rings is 1. The van der Waals surface area contributed by atoms with E-state index in [9.17, 15) is 0 Å². The van der Waals surface area contributed by atoms with Crippen LogP contribution >= 0.6 is 0 Å². The van der Waals surface area contributed by atoms with Gasteiger partial charge in [0.05, 0.1) is 7.11 Å². The predicted octanol–water partition coefficient (Wildman–Crippen LogP) is 3.96. The molecule has 0 atom stereocenters. The Morgan fingerprint density at radius 3 is 2.58 bits per heavy atom. The van der Waals surface area contributed by atoms with Gasteiger partial charge in [-0.1, -0.05) is 30.7 Å². The molecule has 1 rings (SSSR count). The van der Waals surface area contributed by atoms with Crippen molar-refractivity contribution in [2.24, 2.45) is 0 Å². The number of aryl methyl sites for hydroxylation is 1. The first-order chi connectivity index (χ1) is 9.26. The fraction of sp³-hybridized carbons (Fsp3) is 0.529. The molecule has 2 heteroatoms. The molecule has 0 fully saturated rings. The lowest BCUT2D eigenvalue weighted by Gasteiger charge is -2.05. The zero-order chi connectivity index (χ0) is 13.9. The van der Waals surface area contributed by atoms with Crippen LogP contribution in [0.15, 0.2) is 35.9 Å². The van der Waals surface area contributed by atoms with E-state index in [1.165, 1.54) is 17.6 Å². The van der Waals surface area contributed by atoms with Crippen LogP contribution in [0.4, 0.5) is 0 Å². The maximum Gasteiger partial charge on any atom is 0.118 e. The SMILES string of the molecule is CCCNCCC=C(C)CCc1ccc(OC)cc1. The fourth-order valence-corrected chi connectivity index (χ4v) is 1.96. The van der Waals surface area contributed by atoms with Crippen LogP contribution in [0, 0.1) is 0 Å². The van der Waals surface area contributed by atoms with Crippen molar-refractivity contribution in [1.82, 2.24) is 5.32 Å². The van der Waals surface area contributed by atoms with Gasteiger partial charge in [0, 0.05) is 0 Å². The van der Waals surface area contributed by atoms with E-state index in [1.807, 2.05) is 12.1 Å². The van der Waals surface area contributed by atoms with Crippen molar-refractivity contribution in [3.8, 4) is 5.75 Å². The molecule has 0 saturated carbocycles. The number of nitrogens with one attached hydrogen (secondary N) is 1. The Labute approximate surface area is 117 Å². The molecule has 0 amide bonds. The van der Waals surface area contributed by atoms with Gasteiger partial charge in [-0.2, -0.15) is 0 Å². The summed E-state index contributed by atoms with van der Waals surface area (Å²) in [6.45, 7) is 6.64. The third-order valence-electron chi connectivity index (χ3n) is 3.21. The van der Waals surface area contributed by atoms with Gasteiger partial charge in [-0.3, -0.25) is 0 Å². The van der Waals surface area contributed by atoms with Gasteiger partial charge in [-0.25, -0.2) is 0 Å². The summed E-state index contributed by atoms with van der Waals surface area (Å²) in [6, 6.07) is 8.36. The van der Waals surface area contributed by atoms with Gasteiger partial charge < -0.3 is 10.1 Å². The van der Waals surface area contributed by atoms with Gasteiger partial charge in [0.2, 0.25) is 0 Å². The third-order valence-corrected chi connectivity index (χ3v) is 3.21. The molecule has 0 aromatic heterocycles. The lowest BCUT2D eigenvalue weighted by Crippen LogP contribution is -2.15. The molecular formula is C17H27NO. The lowest BCUT2D eigenvalue weighted by molar-refractivity contribution is 0.414. The van der Waals surface area contributed by atoms with E-state index >= 15 is 0 Å². The molecule has 1 aromatic carbocycles. The highest BCUT2D eigenvalue weighted by Crippen LogP contribution is 2.14. The molecule has 1 aromatic rings. The highest BCUT2D eigenvalue weighted by Gasteiger charge is 1.96. The summed E-state index contributed by atoms with van der Waals surface area (Å²) in [6.07, 6.45) is 6.94. The van der Waals surface area contributed by atoms with Gasteiger partial charge in [-0.15, -0.1) is 0 Å². The van der Waals surface area contributed by atoms with Crippen LogP contribution in [-0.2, 0) is 6.42 Å². The van der Waals surface area contributed by atoms with Gasteiger partial charge in [0.25, 0.3) is 0 Å². The minimum absolute atomic E-state index is 0.929. The maximum absolute atomic E-state index is 5.16. The van der Waals surface area contributed by atoms with E-state index in [-0.39, 0.29) is 0 Å². The van der Waals surface area contributed by atoms with Crippen LogP contribution in [0.25, 0.3) is 0 Å². The summed E-state index contributed by atoms with van der Waals surface area (Å²) in [5.41, 5.74) is 2.85. The molecule has 0 unspecified atom stereocenters. The summed E-state index contributed by atoms with van der Waals surface area (Å²) in [4.78, 5) is 0. The van der Waals surface area contributed by atoms with Crippen molar-refractivity contribution in [2.45, 2.75) is 39.5 Å². The fourth-order valence-electron chi connectivity index (χ4n) is 1.96. The van der Waals surface area contributed by atoms with E-state index in [1.54, 1.807) is 7.11 Å². The molecule has 2 nitrogen and oxygen atoms in total. The van der Waals surface area contributed by atoms with Crippen LogP contribution in [0.5, 0.6) is 5.75 Å². The highest BCUT2D eigenvalue weighted by molar-refractivity contribution is 5.27. The Kier molecular flexibility index (Phi) is 7.99. The predicted molar refractivity (Wildman–Crippen MR) is 82.8 cm³/mol. The van der Waals surface area contributed by atoms with E-state index in [4.69, 9.17) is 4.74 Å². The second-order valence-electron chi connectivity index (χ2n) is 4.94. The van der Waals surface area contributed by atoms with Gasteiger partial charge in [0.15, 0.2) is 0 Å². The van der Waals surface area contributed by atoms with Crippen LogP contribution in [-0.4, -0.2) is 20.2 Å². The molecular weight excluding hydrogens is 234 g/mol. The Bertz CT molecular complexity index is 367. The van der Waals surface area contributed by atoms with Gasteiger partial charge >= 0.3 is 0 Å². The summed E-state index contributed by atoms with van der Waals surface area (Å²) >= 11 is 0. The van der Waals surface area contributed by atoms with Crippen molar-refractivity contribution in [3.63, 3.8) is 0 Å². The van der Waals surface area contributed by atoms with E-state index < -0.39 is 0 Å². The Hall–Kier alpha value is -1.28. The van der Waals surface area contributed by atoms with Gasteiger partial charge in [0.1, 0.15) is 5.75 Å². The van der Waals surface area contributed by atoms with Crippen LogP contribution < -0.4 is 10.1 Å². The Morgan fingerprint density at radius 2 is 1.95 bits per heavy atom. The minimum atomic E-state index is 0.929. The first-order valence-corrected chi connectivity index (χ1v) is 7.25. The van der Waals surface area contributed by atoms with Crippen molar-refractivity contribution >= 4 is 0 Å². The maximum atomic E-state index is 5.16. The molecule has 0 aliphatic carbocycles. The molecule has 0 radical (unpaired) electrons. The Balaban J connectivity index is 2.24. The molecule has 0 bridgehead atoms. The molecule has 106 valence electrons. The number of allylic oxidation sites excluding steroid dienone is 1. The quantitative estimate of drug-likeness (QED) is 0.536. The largest absolute Gasteiger partial charge is 0.497 e. The smallest absolute Gasteiger partial charge is 0.118 e. The number of hydrogen-bond acceptors (Lipinski definition) is 2. The molecule has 0 aliphatic rings. The molecule has 0 spiro atoms. The van der Waals surface area contributed by atoms with Crippen LogP contribution in [0.3, 0.4) is 0 Å². The first kappa shape index (κ1) is 15.8. The van der Waals surface area contributed by atoms with Crippen molar-refractivity contribution in [3.05, 3.63) is 41.5 Å². The average molecular weight is 261 g/mol. The normalized spacial score (nSPS) is 11.6. The monoisotopic (exact) mass is 261 g/mol. The third kappa shape index (κ3) is 7.02. The summed E-state index contributed by atoms with van der Waals surface area (Å²) in [5.74, 6) is 0.929. The average Bonchev–Trinajstić information content (AvgIpc) is 2.45. The number of hydrogen-bond donors (Lipinski definition) is 1. The van der Waals surface area contributed by atoms with Gasteiger partial charge in [-0.05, 0) is 63.4 Å². The first-order valence-electron chi connectivity index (χ1n) is 7.25. The van der Waals surface area contributed by atoms with Crippen LogP contribution in [0.1, 0.15) is 38.7 Å². The van der Waals surface area contributed by atoms with Crippen molar-refractivity contribution < 1.29 is 4.74 Å². The molecule has 1 N–H and O–H groups in total. The second kappa shape index (κ2) is 9.62. The molecule has 0 heterocycles. The topological polar surface area (TPSA) is 21.3 Å². The summed E-state index contributed by atoms with van der Waals surface area (Å²) < 4.78 is 5.16. The molecule has 19 heavy (non-hydrogen) atoms. The van der Waals surface area contributed by atoms with E-state index in [0.29, 0.717) is 0 Å². The Morgan fingerprint density at radius 1 is 1.21 bits per heavy atom. The highest BCUT2D eigenvalue weighted by atomic mass is 16.5. The van der Waals surface area contributed by atoms with E-state index in [2.05, 4.69) is 37.4 Å². The molecule has 0 aliphatic heterocycles. The summed E-state index contributed by atoms with van der Waals surface area (Å²) in [7, 11) is 1.70. The lowest BCUT2D eigenvalue weighted by atomic mass is 10.0. The second-order valence-corrected chi connectivity index (χ2v) is 4.94. The molecule has 0 saturated heterocycles. The minimum Gasteiger partial charge on any atom is -0.497 e. The van der Waals surface area contributed by atoms with E-state index in [0.717, 1.165) is 38.1 Å². The zero-order valence-electron chi connectivity index (χ0n) is 12.5. The van der Waals surface area contributed by atoms with Crippen molar-refractivity contribution in [2.75, 3.05) is 20.2 Å². The van der Waals surface area contributed by atoms with Crippen LogP contribution in [0.2, 0.25) is 0 Å².